The molecule has 3 nitrogen and oxygen atoms in total. The normalized spacial score (nSPS) is 17.9. The lowest BCUT2D eigenvalue weighted by molar-refractivity contribution is -0.122. The molecule has 1 aliphatic carbocycles. The number of fused-ring (bicyclic) bond motifs is 3. The first-order chi connectivity index (χ1) is 13.3. The van der Waals surface area contributed by atoms with E-state index in [-0.39, 0.29) is 17.9 Å². The Morgan fingerprint density at radius 3 is 2.11 bits per heavy atom. The maximum absolute atomic E-state index is 13.4. The van der Waals surface area contributed by atoms with Crippen molar-refractivity contribution in [1.82, 2.24) is 5.32 Å². The number of carbonyl (C=O) groups excluding carboxylic acids is 1. The maximum atomic E-state index is 13.4. The average molecular weight is 355 g/mol. The first kappa shape index (κ1) is 16.1. The third-order valence-electron chi connectivity index (χ3n) is 5.63. The molecule has 0 spiro atoms. The standard InChI is InChI=1S/C24H21NO2/c26-24(25-20-13-7-9-16-8-1-2-10-17(16)20)23-18-11-3-5-14-21(18)27-22-15-6-4-12-19(22)23/h1-6,8,10-12,14-15,20,23H,7,9,13H2,(H,25,26)/t20-/m0/s1. The second-order valence-corrected chi connectivity index (χ2v) is 7.26. The minimum absolute atomic E-state index is 0.0416. The first-order valence-electron chi connectivity index (χ1n) is 9.55. The van der Waals surface area contributed by atoms with E-state index in [0.29, 0.717) is 0 Å². The smallest absolute Gasteiger partial charge is 0.232 e. The fourth-order valence-corrected chi connectivity index (χ4v) is 4.35. The van der Waals surface area contributed by atoms with Gasteiger partial charge in [-0.15, -0.1) is 0 Å². The molecular formula is C24H21NO2. The summed E-state index contributed by atoms with van der Waals surface area (Å²) in [5.41, 5.74) is 4.46. The molecule has 27 heavy (non-hydrogen) atoms. The molecule has 3 aromatic rings. The molecule has 134 valence electrons. The zero-order valence-electron chi connectivity index (χ0n) is 15.0. The molecule has 0 saturated carbocycles. The minimum atomic E-state index is -0.347. The topological polar surface area (TPSA) is 38.3 Å². The highest BCUT2D eigenvalue weighted by Crippen LogP contribution is 2.44. The van der Waals surface area contributed by atoms with E-state index in [1.807, 2.05) is 48.5 Å². The van der Waals surface area contributed by atoms with Crippen LogP contribution in [-0.4, -0.2) is 5.91 Å². The van der Waals surface area contributed by atoms with Crippen LogP contribution in [0, 0.1) is 0 Å². The Kier molecular flexibility index (Phi) is 3.93. The Morgan fingerprint density at radius 2 is 1.41 bits per heavy atom. The van der Waals surface area contributed by atoms with Crippen LogP contribution in [0.25, 0.3) is 0 Å². The molecule has 0 radical (unpaired) electrons. The molecule has 2 aliphatic rings. The summed E-state index contributed by atoms with van der Waals surface area (Å²) in [7, 11) is 0. The summed E-state index contributed by atoms with van der Waals surface area (Å²) in [6.45, 7) is 0. The zero-order valence-corrected chi connectivity index (χ0v) is 15.0. The monoisotopic (exact) mass is 355 g/mol. The molecule has 1 atom stereocenters. The predicted octanol–water partition coefficient (Wildman–Crippen LogP) is 5.12. The third kappa shape index (κ3) is 2.80. The van der Waals surface area contributed by atoms with Crippen molar-refractivity contribution in [3.8, 4) is 11.5 Å². The third-order valence-corrected chi connectivity index (χ3v) is 5.63. The van der Waals surface area contributed by atoms with E-state index in [1.54, 1.807) is 0 Å². The van der Waals surface area contributed by atoms with Gasteiger partial charge in [-0.2, -0.15) is 0 Å². The lowest BCUT2D eigenvalue weighted by atomic mass is 9.85. The van der Waals surface area contributed by atoms with Gasteiger partial charge in [-0.25, -0.2) is 0 Å². The van der Waals surface area contributed by atoms with Gasteiger partial charge in [-0.1, -0.05) is 60.7 Å². The number of para-hydroxylation sites is 2. The number of nitrogens with one attached hydrogen (secondary N) is 1. The van der Waals surface area contributed by atoms with Crippen molar-refractivity contribution in [3.63, 3.8) is 0 Å². The van der Waals surface area contributed by atoms with E-state index < -0.39 is 0 Å². The molecule has 0 fully saturated rings. The molecule has 5 rings (SSSR count). The lowest BCUT2D eigenvalue weighted by Gasteiger charge is -2.31. The van der Waals surface area contributed by atoms with Gasteiger partial charge in [0.05, 0.1) is 12.0 Å². The van der Waals surface area contributed by atoms with Crippen molar-refractivity contribution in [2.45, 2.75) is 31.2 Å². The van der Waals surface area contributed by atoms with Gasteiger partial charge in [0.2, 0.25) is 5.91 Å². The summed E-state index contributed by atoms with van der Waals surface area (Å²) in [5.74, 6) is 1.22. The van der Waals surface area contributed by atoms with Crippen molar-refractivity contribution in [2.75, 3.05) is 0 Å². The molecule has 0 bridgehead atoms. The van der Waals surface area contributed by atoms with E-state index >= 15 is 0 Å². The highest BCUT2D eigenvalue weighted by molar-refractivity contribution is 5.90. The van der Waals surface area contributed by atoms with Gasteiger partial charge in [-0.05, 0) is 42.5 Å². The van der Waals surface area contributed by atoms with Crippen molar-refractivity contribution in [3.05, 3.63) is 95.1 Å². The summed E-state index contributed by atoms with van der Waals surface area (Å²) < 4.78 is 6.02. The van der Waals surface area contributed by atoms with Gasteiger partial charge in [0.25, 0.3) is 0 Å². The quantitative estimate of drug-likeness (QED) is 0.693. The molecule has 1 aliphatic heterocycles. The number of ether oxygens (including phenoxy) is 1. The van der Waals surface area contributed by atoms with Crippen molar-refractivity contribution in [1.29, 1.82) is 0 Å². The fraction of sp³-hybridized carbons (Fsp3) is 0.208. The summed E-state index contributed by atoms with van der Waals surface area (Å²) in [6, 6.07) is 24.2. The number of benzene rings is 3. The molecule has 1 amide bonds. The number of rotatable bonds is 2. The van der Waals surface area contributed by atoms with Gasteiger partial charge < -0.3 is 10.1 Å². The van der Waals surface area contributed by atoms with E-state index in [9.17, 15) is 4.79 Å². The zero-order chi connectivity index (χ0) is 18.2. The van der Waals surface area contributed by atoms with Crippen molar-refractivity contribution >= 4 is 5.91 Å². The number of aryl methyl sites for hydroxylation is 1. The Hall–Kier alpha value is -3.07. The van der Waals surface area contributed by atoms with Crippen LogP contribution in [0.3, 0.4) is 0 Å². The largest absolute Gasteiger partial charge is 0.457 e. The van der Waals surface area contributed by atoms with Crippen LogP contribution in [0.4, 0.5) is 0 Å². The average Bonchev–Trinajstić information content (AvgIpc) is 2.72. The molecule has 3 aromatic carbocycles. The predicted molar refractivity (Wildman–Crippen MR) is 105 cm³/mol. The SMILES string of the molecule is O=C(N[C@H]1CCCc2ccccc21)C1c2ccccc2Oc2ccccc21. The Balaban J connectivity index is 1.51. The lowest BCUT2D eigenvalue weighted by Crippen LogP contribution is -2.36. The Labute approximate surface area is 159 Å². The van der Waals surface area contributed by atoms with Crippen LogP contribution >= 0.6 is 0 Å². The highest BCUT2D eigenvalue weighted by Gasteiger charge is 2.34. The number of hydrogen-bond acceptors (Lipinski definition) is 2. The highest BCUT2D eigenvalue weighted by atomic mass is 16.5. The first-order valence-corrected chi connectivity index (χ1v) is 9.55. The van der Waals surface area contributed by atoms with Crippen molar-refractivity contribution in [2.24, 2.45) is 0 Å². The van der Waals surface area contributed by atoms with E-state index in [0.717, 1.165) is 41.9 Å². The number of carbonyl (C=O) groups is 1. The summed E-state index contributed by atoms with van der Waals surface area (Å²) in [4.78, 5) is 13.4. The summed E-state index contributed by atoms with van der Waals surface area (Å²) in [5, 5.41) is 3.33. The summed E-state index contributed by atoms with van der Waals surface area (Å²) >= 11 is 0. The fourth-order valence-electron chi connectivity index (χ4n) is 4.35. The molecular weight excluding hydrogens is 334 g/mol. The summed E-state index contributed by atoms with van der Waals surface area (Å²) in [6.07, 6.45) is 3.17. The van der Waals surface area contributed by atoms with Crippen LogP contribution in [0.15, 0.2) is 72.8 Å². The molecule has 0 saturated heterocycles. The van der Waals surface area contributed by atoms with Crippen LogP contribution in [0.2, 0.25) is 0 Å². The van der Waals surface area contributed by atoms with Gasteiger partial charge in [0.15, 0.2) is 0 Å². The second kappa shape index (κ2) is 6.58. The Bertz CT molecular complexity index is 965. The molecule has 3 heteroatoms. The van der Waals surface area contributed by atoms with Crippen LogP contribution < -0.4 is 10.1 Å². The second-order valence-electron chi connectivity index (χ2n) is 7.26. The van der Waals surface area contributed by atoms with Crippen LogP contribution in [0.1, 0.15) is 47.1 Å². The van der Waals surface area contributed by atoms with E-state index in [1.165, 1.54) is 11.1 Å². The number of amides is 1. The van der Waals surface area contributed by atoms with Gasteiger partial charge >= 0.3 is 0 Å². The van der Waals surface area contributed by atoms with Crippen LogP contribution in [0.5, 0.6) is 11.5 Å². The van der Waals surface area contributed by atoms with Gasteiger partial charge in [-0.3, -0.25) is 4.79 Å². The molecule has 0 aromatic heterocycles. The maximum Gasteiger partial charge on any atom is 0.232 e. The van der Waals surface area contributed by atoms with Gasteiger partial charge in [0.1, 0.15) is 11.5 Å². The molecule has 0 unspecified atom stereocenters. The minimum Gasteiger partial charge on any atom is -0.457 e. The van der Waals surface area contributed by atoms with E-state index in [2.05, 4.69) is 29.6 Å². The van der Waals surface area contributed by atoms with Crippen LogP contribution in [-0.2, 0) is 11.2 Å². The number of hydrogen-bond donors (Lipinski definition) is 1. The van der Waals surface area contributed by atoms with Crippen molar-refractivity contribution < 1.29 is 9.53 Å². The van der Waals surface area contributed by atoms with Gasteiger partial charge in [0, 0.05) is 11.1 Å². The molecule has 1 N–H and O–H groups in total. The Morgan fingerprint density at radius 1 is 0.815 bits per heavy atom. The molecule has 1 heterocycles. The van der Waals surface area contributed by atoms with E-state index in [4.69, 9.17) is 4.74 Å².